The third kappa shape index (κ3) is 3.38. The van der Waals surface area contributed by atoms with Crippen molar-refractivity contribution in [1.82, 2.24) is 0 Å². The molecule has 2 rings (SSSR count). The van der Waals surface area contributed by atoms with Gasteiger partial charge in [0.05, 0.1) is 11.5 Å². The first kappa shape index (κ1) is 14.6. The molecule has 0 bridgehead atoms. The Kier molecular flexibility index (Phi) is 4.78. The molecule has 104 valence electrons. The average molecular weight is 385 g/mol. The number of nitro groups is 1. The Morgan fingerprint density at radius 2 is 1.80 bits per heavy atom. The molecule has 2 aromatic carbocycles. The van der Waals surface area contributed by atoms with Gasteiger partial charge in [-0.05, 0) is 65.9 Å². The zero-order chi connectivity index (χ0) is 14.5. The normalized spacial score (nSPS) is 10.1. The zero-order valence-electron chi connectivity index (χ0n) is 10.7. The van der Waals surface area contributed by atoms with E-state index in [1.807, 2.05) is 12.1 Å². The maximum atomic E-state index is 11.2. The summed E-state index contributed by atoms with van der Waals surface area (Å²) in [5.74, 6) is 0.921. The van der Waals surface area contributed by atoms with Crippen molar-refractivity contribution in [3.05, 3.63) is 56.1 Å². The van der Waals surface area contributed by atoms with E-state index in [4.69, 9.17) is 9.47 Å². The Bertz CT molecular complexity index is 613. The van der Waals surface area contributed by atoms with Crippen LogP contribution in [-0.4, -0.2) is 11.5 Å². The molecule has 0 aliphatic heterocycles. The summed E-state index contributed by atoms with van der Waals surface area (Å²) < 4.78 is 11.9. The van der Waals surface area contributed by atoms with Gasteiger partial charge in [0, 0.05) is 3.57 Å². The van der Waals surface area contributed by atoms with Crippen molar-refractivity contribution in [3.63, 3.8) is 0 Å². The average Bonchev–Trinajstić information content (AvgIpc) is 2.41. The van der Waals surface area contributed by atoms with Crippen molar-refractivity contribution in [2.24, 2.45) is 0 Å². The van der Waals surface area contributed by atoms with Crippen LogP contribution in [0.4, 0.5) is 5.69 Å². The van der Waals surface area contributed by atoms with Gasteiger partial charge in [0.25, 0.3) is 0 Å². The van der Waals surface area contributed by atoms with E-state index < -0.39 is 4.92 Å². The molecule has 0 amide bonds. The Morgan fingerprint density at radius 3 is 2.40 bits per heavy atom. The quantitative estimate of drug-likeness (QED) is 0.435. The van der Waals surface area contributed by atoms with E-state index in [1.165, 1.54) is 0 Å². The Morgan fingerprint density at radius 1 is 1.15 bits per heavy atom. The molecule has 0 unspecified atom stereocenters. The predicted molar refractivity (Wildman–Crippen MR) is 83.5 cm³/mol. The van der Waals surface area contributed by atoms with Gasteiger partial charge in [0.15, 0.2) is 0 Å². The van der Waals surface area contributed by atoms with Crippen molar-refractivity contribution >= 4 is 28.3 Å². The monoisotopic (exact) mass is 385 g/mol. The lowest BCUT2D eigenvalue weighted by atomic mass is 10.2. The summed E-state index contributed by atoms with van der Waals surface area (Å²) >= 11 is 2.18. The smallest absolute Gasteiger partial charge is 0.352 e. The summed E-state index contributed by atoms with van der Waals surface area (Å²) in [6.45, 7) is 2.13. The van der Waals surface area contributed by atoms with Crippen LogP contribution >= 0.6 is 22.6 Å². The van der Waals surface area contributed by atoms with Crippen molar-refractivity contribution in [3.8, 4) is 17.2 Å². The van der Waals surface area contributed by atoms with E-state index in [0.29, 0.717) is 12.4 Å². The molecule has 0 fully saturated rings. The highest BCUT2D eigenvalue weighted by atomic mass is 127. The summed E-state index contributed by atoms with van der Waals surface area (Å²) in [7, 11) is 0. The molecular weight excluding hydrogens is 373 g/mol. The standard InChI is InChI=1S/C14H12INO4/c1-2-19-12-4-3-5-13(14(12)16(17)18)20-11-8-6-10(15)7-9-11/h3-9H,2H2,1H3. The van der Waals surface area contributed by atoms with E-state index in [2.05, 4.69) is 22.6 Å². The highest BCUT2D eigenvalue weighted by molar-refractivity contribution is 14.1. The molecule has 0 radical (unpaired) electrons. The van der Waals surface area contributed by atoms with Gasteiger partial charge in [-0.25, -0.2) is 0 Å². The first-order chi connectivity index (χ1) is 9.61. The molecule has 0 atom stereocenters. The highest BCUT2D eigenvalue weighted by Gasteiger charge is 2.22. The lowest BCUT2D eigenvalue weighted by molar-refractivity contribution is -0.386. The second-order valence-electron chi connectivity index (χ2n) is 3.85. The number of hydrogen-bond acceptors (Lipinski definition) is 4. The molecule has 0 saturated heterocycles. The summed E-state index contributed by atoms with van der Waals surface area (Å²) in [6, 6.07) is 12.0. The van der Waals surface area contributed by atoms with Gasteiger partial charge in [0.2, 0.25) is 11.5 Å². The minimum atomic E-state index is -0.493. The maximum absolute atomic E-state index is 11.2. The summed E-state index contributed by atoms with van der Waals surface area (Å²) in [4.78, 5) is 10.7. The van der Waals surface area contributed by atoms with E-state index >= 15 is 0 Å². The number of benzene rings is 2. The van der Waals surface area contributed by atoms with Crippen LogP contribution in [-0.2, 0) is 0 Å². The summed E-state index contributed by atoms with van der Waals surface area (Å²) in [5.41, 5.74) is -0.159. The third-order valence-corrected chi connectivity index (χ3v) is 3.21. The molecule has 2 aromatic rings. The van der Waals surface area contributed by atoms with E-state index in [9.17, 15) is 10.1 Å². The van der Waals surface area contributed by atoms with E-state index in [-0.39, 0.29) is 17.2 Å². The predicted octanol–water partition coefficient (Wildman–Crippen LogP) is 4.39. The number of halogens is 1. The van der Waals surface area contributed by atoms with Crippen LogP contribution < -0.4 is 9.47 Å². The van der Waals surface area contributed by atoms with Gasteiger partial charge in [-0.2, -0.15) is 0 Å². The van der Waals surface area contributed by atoms with Crippen molar-refractivity contribution in [2.75, 3.05) is 6.61 Å². The fourth-order valence-corrected chi connectivity index (χ4v) is 2.03. The van der Waals surface area contributed by atoms with Crippen LogP contribution in [0, 0.1) is 13.7 Å². The second-order valence-corrected chi connectivity index (χ2v) is 5.09. The summed E-state index contributed by atoms with van der Waals surface area (Å²) in [5, 5.41) is 11.2. The topological polar surface area (TPSA) is 61.6 Å². The second kappa shape index (κ2) is 6.56. The number of ether oxygens (including phenoxy) is 2. The number of nitro benzene ring substituents is 1. The molecular formula is C14H12INO4. The lowest BCUT2D eigenvalue weighted by Crippen LogP contribution is -1.99. The number of hydrogen-bond donors (Lipinski definition) is 0. The fraction of sp³-hybridized carbons (Fsp3) is 0.143. The van der Waals surface area contributed by atoms with Gasteiger partial charge >= 0.3 is 5.69 Å². The zero-order valence-corrected chi connectivity index (χ0v) is 12.9. The number of nitrogens with zero attached hydrogens (tertiary/aromatic N) is 1. The SMILES string of the molecule is CCOc1cccc(Oc2ccc(I)cc2)c1[N+](=O)[O-]. The van der Waals surface area contributed by atoms with Crippen molar-refractivity contribution < 1.29 is 14.4 Å². The third-order valence-electron chi connectivity index (χ3n) is 2.49. The molecule has 0 N–H and O–H groups in total. The molecule has 0 aliphatic carbocycles. The van der Waals surface area contributed by atoms with Crippen molar-refractivity contribution in [2.45, 2.75) is 6.92 Å². The molecule has 6 heteroatoms. The molecule has 0 spiro atoms. The maximum Gasteiger partial charge on any atom is 0.352 e. The minimum Gasteiger partial charge on any atom is -0.487 e. The molecule has 0 heterocycles. The van der Waals surface area contributed by atoms with Crippen molar-refractivity contribution in [1.29, 1.82) is 0 Å². The molecule has 0 aromatic heterocycles. The lowest BCUT2D eigenvalue weighted by Gasteiger charge is -2.09. The summed E-state index contributed by atoms with van der Waals surface area (Å²) in [6.07, 6.45) is 0. The fourth-order valence-electron chi connectivity index (χ4n) is 1.67. The Labute approximate surface area is 129 Å². The van der Waals surface area contributed by atoms with Crippen LogP contribution in [0.5, 0.6) is 17.2 Å². The minimum absolute atomic E-state index is 0.159. The van der Waals surface area contributed by atoms with Crippen LogP contribution in [0.2, 0.25) is 0 Å². The number of rotatable bonds is 5. The van der Waals surface area contributed by atoms with Crippen LogP contribution in [0.25, 0.3) is 0 Å². The van der Waals surface area contributed by atoms with Crippen LogP contribution in [0.15, 0.2) is 42.5 Å². The Balaban J connectivity index is 2.37. The van der Waals surface area contributed by atoms with Gasteiger partial charge in [0.1, 0.15) is 5.75 Å². The number of para-hydroxylation sites is 1. The molecule has 0 saturated carbocycles. The van der Waals surface area contributed by atoms with Crippen LogP contribution in [0.3, 0.4) is 0 Å². The Hall–Kier alpha value is -1.83. The van der Waals surface area contributed by atoms with Gasteiger partial charge in [-0.15, -0.1) is 0 Å². The molecule has 5 nitrogen and oxygen atoms in total. The first-order valence-corrected chi connectivity index (χ1v) is 7.03. The molecule has 20 heavy (non-hydrogen) atoms. The van der Waals surface area contributed by atoms with E-state index in [1.54, 1.807) is 37.3 Å². The largest absolute Gasteiger partial charge is 0.487 e. The van der Waals surface area contributed by atoms with E-state index in [0.717, 1.165) is 3.57 Å². The first-order valence-electron chi connectivity index (χ1n) is 5.95. The highest BCUT2D eigenvalue weighted by Crippen LogP contribution is 2.38. The van der Waals surface area contributed by atoms with Gasteiger partial charge in [-0.1, -0.05) is 6.07 Å². The van der Waals surface area contributed by atoms with Gasteiger partial charge < -0.3 is 9.47 Å². The molecule has 0 aliphatic rings. The van der Waals surface area contributed by atoms with Gasteiger partial charge in [-0.3, -0.25) is 10.1 Å². The van der Waals surface area contributed by atoms with Crippen LogP contribution in [0.1, 0.15) is 6.92 Å².